The second-order valence-electron chi connectivity index (χ2n) is 4.65. The third-order valence-electron chi connectivity index (χ3n) is 3.22. The molecule has 0 radical (unpaired) electrons. The first-order chi connectivity index (χ1) is 10.2. The summed E-state index contributed by atoms with van der Waals surface area (Å²) in [7, 11) is 0. The van der Waals surface area contributed by atoms with E-state index in [1.165, 1.54) is 0 Å². The summed E-state index contributed by atoms with van der Waals surface area (Å²) in [6.07, 6.45) is 2.55. The molecule has 21 heavy (non-hydrogen) atoms. The molecule has 0 aliphatic rings. The molecular formula is C16H19N3O2. The van der Waals surface area contributed by atoms with E-state index < -0.39 is 0 Å². The van der Waals surface area contributed by atoms with Gasteiger partial charge >= 0.3 is 0 Å². The molecule has 110 valence electrons. The van der Waals surface area contributed by atoms with Crippen molar-refractivity contribution in [2.24, 2.45) is 0 Å². The van der Waals surface area contributed by atoms with E-state index in [9.17, 15) is 9.90 Å². The van der Waals surface area contributed by atoms with Gasteiger partial charge in [0.1, 0.15) is 5.82 Å². The Labute approximate surface area is 124 Å². The van der Waals surface area contributed by atoms with E-state index in [-0.39, 0.29) is 6.61 Å². The number of aliphatic hydroxyl groups is 1. The average molecular weight is 285 g/mol. The smallest absolute Gasteiger partial charge is 0.155 e. The molecular weight excluding hydrogens is 266 g/mol. The van der Waals surface area contributed by atoms with Gasteiger partial charge in [0, 0.05) is 13.1 Å². The van der Waals surface area contributed by atoms with E-state index in [1.54, 1.807) is 17.7 Å². The van der Waals surface area contributed by atoms with Crippen LogP contribution in [0.25, 0.3) is 5.69 Å². The van der Waals surface area contributed by atoms with Gasteiger partial charge in [0.15, 0.2) is 6.29 Å². The lowest BCUT2D eigenvalue weighted by molar-refractivity contribution is 0.112. The van der Waals surface area contributed by atoms with Gasteiger partial charge in [0.25, 0.3) is 0 Å². The van der Waals surface area contributed by atoms with E-state index in [0.29, 0.717) is 30.2 Å². The molecule has 0 fully saturated rings. The minimum absolute atomic E-state index is 0.00878. The van der Waals surface area contributed by atoms with Gasteiger partial charge < -0.3 is 10.0 Å². The number of aliphatic hydroxyl groups excluding tert-OH is 1. The number of hydrogen-bond donors (Lipinski definition) is 1. The van der Waals surface area contributed by atoms with Crippen LogP contribution in [0.2, 0.25) is 0 Å². The van der Waals surface area contributed by atoms with Gasteiger partial charge in [0.2, 0.25) is 0 Å². The highest BCUT2D eigenvalue weighted by Crippen LogP contribution is 2.26. The SMILES string of the molecule is C=CCN(CCO)c1c(C=O)c(C)nn1-c1ccccc1. The highest BCUT2D eigenvalue weighted by molar-refractivity contribution is 5.85. The van der Waals surface area contributed by atoms with Gasteiger partial charge in [-0.05, 0) is 19.1 Å². The first kappa shape index (κ1) is 15.0. The lowest BCUT2D eigenvalue weighted by Crippen LogP contribution is -2.29. The summed E-state index contributed by atoms with van der Waals surface area (Å²) in [6.45, 7) is 6.46. The Bertz CT molecular complexity index is 620. The molecule has 0 saturated heterocycles. The molecule has 1 N–H and O–H groups in total. The molecule has 0 bridgehead atoms. The van der Waals surface area contributed by atoms with E-state index in [0.717, 1.165) is 12.0 Å². The molecule has 0 spiro atoms. The normalized spacial score (nSPS) is 10.4. The maximum Gasteiger partial charge on any atom is 0.155 e. The van der Waals surface area contributed by atoms with Crippen molar-refractivity contribution >= 4 is 12.1 Å². The standard InChI is InChI=1S/C16H19N3O2/c1-3-9-18(10-11-20)16-15(12-21)13(2)17-19(16)14-7-5-4-6-8-14/h3-8,12,20H,1,9-11H2,2H3. The van der Waals surface area contributed by atoms with Crippen LogP contribution in [0.15, 0.2) is 43.0 Å². The Morgan fingerprint density at radius 3 is 2.67 bits per heavy atom. The van der Waals surface area contributed by atoms with Crippen LogP contribution < -0.4 is 4.90 Å². The van der Waals surface area contributed by atoms with Crippen LogP contribution in [0.5, 0.6) is 0 Å². The zero-order valence-electron chi connectivity index (χ0n) is 12.1. The lowest BCUT2D eigenvalue weighted by Gasteiger charge is -2.23. The quantitative estimate of drug-likeness (QED) is 0.624. The maximum atomic E-state index is 11.4. The van der Waals surface area contributed by atoms with Gasteiger partial charge in [0.05, 0.1) is 23.6 Å². The molecule has 5 nitrogen and oxygen atoms in total. The molecule has 1 heterocycles. The number of carbonyl (C=O) groups is 1. The van der Waals surface area contributed by atoms with Crippen molar-refractivity contribution < 1.29 is 9.90 Å². The number of carbonyl (C=O) groups excluding carboxylic acids is 1. The van der Waals surface area contributed by atoms with Crippen LogP contribution in [0.1, 0.15) is 16.1 Å². The van der Waals surface area contributed by atoms with Gasteiger partial charge in [-0.25, -0.2) is 4.68 Å². The first-order valence-electron chi connectivity index (χ1n) is 6.79. The molecule has 0 amide bonds. The topological polar surface area (TPSA) is 58.4 Å². The number of benzene rings is 1. The fourth-order valence-corrected chi connectivity index (χ4v) is 2.28. The summed E-state index contributed by atoms with van der Waals surface area (Å²) in [5, 5.41) is 13.7. The summed E-state index contributed by atoms with van der Waals surface area (Å²) < 4.78 is 1.73. The molecule has 1 aromatic carbocycles. The number of anilines is 1. The molecule has 0 atom stereocenters. The molecule has 5 heteroatoms. The molecule has 1 aromatic heterocycles. The van der Waals surface area contributed by atoms with Crippen molar-refractivity contribution in [3.05, 3.63) is 54.2 Å². The van der Waals surface area contributed by atoms with Gasteiger partial charge in [-0.2, -0.15) is 5.10 Å². The summed E-state index contributed by atoms with van der Waals surface area (Å²) in [5.74, 6) is 0.683. The fourth-order valence-electron chi connectivity index (χ4n) is 2.28. The van der Waals surface area contributed by atoms with E-state index in [4.69, 9.17) is 0 Å². The monoisotopic (exact) mass is 285 g/mol. The summed E-state index contributed by atoms with van der Waals surface area (Å²) in [4.78, 5) is 13.3. The summed E-state index contributed by atoms with van der Waals surface area (Å²) in [5.41, 5.74) is 2.07. The van der Waals surface area contributed by atoms with Gasteiger partial charge in [-0.3, -0.25) is 4.79 Å². The Hall–Kier alpha value is -2.40. The average Bonchev–Trinajstić information content (AvgIpc) is 2.84. The van der Waals surface area contributed by atoms with Crippen molar-refractivity contribution in [3.8, 4) is 5.69 Å². The van der Waals surface area contributed by atoms with Crippen LogP contribution >= 0.6 is 0 Å². The van der Waals surface area contributed by atoms with E-state index >= 15 is 0 Å². The molecule has 2 aromatic rings. The van der Waals surface area contributed by atoms with Gasteiger partial charge in [-0.1, -0.05) is 24.3 Å². The number of nitrogens with zero attached hydrogens (tertiary/aromatic N) is 3. The van der Waals surface area contributed by atoms with Crippen LogP contribution in [0.4, 0.5) is 5.82 Å². The number of rotatable bonds is 7. The number of para-hydroxylation sites is 1. The largest absolute Gasteiger partial charge is 0.395 e. The number of aldehydes is 1. The number of aromatic nitrogens is 2. The summed E-state index contributed by atoms with van der Waals surface area (Å²) >= 11 is 0. The van der Waals surface area contributed by atoms with Crippen LogP contribution in [0, 0.1) is 6.92 Å². The predicted molar refractivity (Wildman–Crippen MR) is 83.2 cm³/mol. The molecule has 0 saturated carbocycles. The highest BCUT2D eigenvalue weighted by atomic mass is 16.3. The zero-order valence-corrected chi connectivity index (χ0v) is 12.1. The van der Waals surface area contributed by atoms with E-state index in [1.807, 2.05) is 35.2 Å². The molecule has 2 rings (SSSR count). The molecule has 0 aliphatic heterocycles. The Kier molecular flexibility index (Phi) is 4.90. The molecule has 0 aliphatic carbocycles. The Morgan fingerprint density at radius 2 is 2.10 bits per heavy atom. The van der Waals surface area contributed by atoms with Crippen molar-refractivity contribution in [1.29, 1.82) is 0 Å². The van der Waals surface area contributed by atoms with Crippen LogP contribution in [-0.4, -0.2) is 40.9 Å². The van der Waals surface area contributed by atoms with Gasteiger partial charge in [-0.15, -0.1) is 6.58 Å². The Balaban J connectivity index is 2.60. The van der Waals surface area contributed by atoms with Crippen molar-refractivity contribution in [1.82, 2.24) is 9.78 Å². The number of aryl methyl sites for hydroxylation is 1. The molecule has 0 unspecified atom stereocenters. The summed E-state index contributed by atoms with van der Waals surface area (Å²) in [6, 6.07) is 9.61. The second-order valence-corrected chi connectivity index (χ2v) is 4.65. The zero-order chi connectivity index (χ0) is 15.2. The van der Waals surface area contributed by atoms with Crippen molar-refractivity contribution in [3.63, 3.8) is 0 Å². The minimum Gasteiger partial charge on any atom is -0.395 e. The van der Waals surface area contributed by atoms with Crippen LogP contribution in [-0.2, 0) is 0 Å². The third kappa shape index (κ3) is 3.03. The maximum absolute atomic E-state index is 11.4. The second kappa shape index (κ2) is 6.85. The lowest BCUT2D eigenvalue weighted by atomic mass is 10.2. The Morgan fingerprint density at radius 1 is 1.38 bits per heavy atom. The number of hydrogen-bond acceptors (Lipinski definition) is 4. The van der Waals surface area contributed by atoms with Crippen LogP contribution in [0.3, 0.4) is 0 Å². The van der Waals surface area contributed by atoms with Crippen molar-refractivity contribution in [2.75, 3.05) is 24.6 Å². The first-order valence-corrected chi connectivity index (χ1v) is 6.79. The minimum atomic E-state index is -0.00878. The van der Waals surface area contributed by atoms with Crippen molar-refractivity contribution in [2.45, 2.75) is 6.92 Å². The third-order valence-corrected chi connectivity index (χ3v) is 3.22. The highest BCUT2D eigenvalue weighted by Gasteiger charge is 2.20. The predicted octanol–water partition coefficient (Wildman–Crippen LogP) is 1.98. The van der Waals surface area contributed by atoms with E-state index in [2.05, 4.69) is 11.7 Å². The fraction of sp³-hybridized carbons (Fsp3) is 0.250.